The van der Waals surface area contributed by atoms with Crippen molar-refractivity contribution in [2.24, 2.45) is 5.92 Å². The van der Waals surface area contributed by atoms with Crippen LogP contribution in [0.2, 0.25) is 0 Å². The predicted molar refractivity (Wildman–Crippen MR) is 60.3 cm³/mol. The minimum absolute atomic E-state index is 0.234. The van der Waals surface area contributed by atoms with Gasteiger partial charge in [0, 0.05) is 6.04 Å². The largest absolute Gasteiger partial charge is 0.388 e. The van der Waals surface area contributed by atoms with Crippen molar-refractivity contribution in [2.75, 3.05) is 6.54 Å². The highest BCUT2D eigenvalue weighted by Crippen LogP contribution is 2.38. The van der Waals surface area contributed by atoms with Crippen molar-refractivity contribution >= 4 is 0 Å². The molecular formula is C12H25NO. The van der Waals surface area contributed by atoms with Crippen molar-refractivity contribution in [2.45, 2.75) is 64.5 Å². The smallest absolute Gasteiger partial charge is 0.0825 e. The van der Waals surface area contributed by atoms with Crippen molar-refractivity contribution in [3.05, 3.63) is 0 Å². The van der Waals surface area contributed by atoms with Crippen LogP contribution in [-0.2, 0) is 0 Å². The molecule has 0 aromatic rings. The van der Waals surface area contributed by atoms with Gasteiger partial charge in [-0.3, -0.25) is 0 Å². The van der Waals surface area contributed by atoms with E-state index in [0.717, 1.165) is 19.4 Å². The van der Waals surface area contributed by atoms with Crippen molar-refractivity contribution < 1.29 is 5.11 Å². The van der Waals surface area contributed by atoms with Gasteiger partial charge in [0.2, 0.25) is 0 Å². The molecule has 0 aromatic heterocycles. The Bertz CT molecular complexity index is 172. The Balaban J connectivity index is 2.66. The average molecular weight is 199 g/mol. The average Bonchev–Trinajstić information content (AvgIpc) is 2.19. The molecule has 0 aliphatic heterocycles. The van der Waals surface area contributed by atoms with Gasteiger partial charge in [-0.1, -0.05) is 33.1 Å². The van der Waals surface area contributed by atoms with E-state index in [1.165, 1.54) is 19.3 Å². The maximum Gasteiger partial charge on any atom is 0.0825 e. The standard InChI is InChI=1S/C12H25NO/c1-4-11-8-6-7-9-12(11,14)10(3)13-5-2/h10-11,13-14H,4-9H2,1-3H3. The third-order valence-corrected chi connectivity index (χ3v) is 3.84. The van der Waals surface area contributed by atoms with E-state index < -0.39 is 5.60 Å². The Morgan fingerprint density at radius 3 is 2.71 bits per heavy atom. The molecule has 0 radical (unpaired) electrons. The molecule has 14 heavy (non-hydrogen) atoms. The number of aliphatic hydroxyl groups is 1. The van der Waals surface area contributed by atoms with Crippen LogP contribution in [0, 0.1) is 5.92 Å². The number of hydrogen-bond acceptors (Lipinski definition) is 2. The van der Waals surface area contributed by atoms with Crippen LogP contribution in [0.25, 0.3) is 0 Å². The molecule has 1 saturated carbocycles. The summed E-state index contributed by atoms with van der Waals surface area (Å²) in [6.45, 7) is 7.36. The van der Waals surface area contributed by atoms with Crippen LogP contribution in [0.4, 0.5) is 0 Å². The summed E-state index contributed by atoms with van der Waals surface area (Å²) in [5.74, 6) is 0.491. The Hall–Kier alpha value is -0.0800. The van der Waals surface area contributed by atoms with E-state index in [1.807, 2.05) is 0 Å². The van der Waals surface area contributed by atoms with E-state index in [2.05, 4.69) is 26.1 Å². The molecule has 1 rings (SSSR count). The van der Waals surface area contributed by atoms with E-state index in [0.29, 0.717) is 5.92 Å². The van der Waals surface area contributed by atoms with Gasteiger partial charge in [-0.15, -0.1) is 0 Å². The van der Waals surface area contributed by atoms with E-state index in [9.17, 15) is 5.11 Å². The quantitative estimate of drug-likeness (QED) is 0.728. The molecule has 0 amide bonds. The zero-order chi connectivity index (χ0) is 10.6. The van der Waals surface area contributed by atoms with E-state index in [4.69, 9.17) is 0 Å². The second kappa shape index (κ2) is 5.13. The van der Waals surface area contributed by atoms with Crippen molar-refractivity contribution in [3.8, 4) is 0 Å². The summed E-state index contributed by atoms with van der Waals surface area (Å²) in [4.78, 5) is 0. The van der Waals surface area contributed by atoms with Crippen molar-refractivity contribution in [1.82, 2.24) is 5.32 Å². The van der Waals surface area contributed by atoms with Crippen LogP contribution in [0.3, 0.4) is 0 Å². The van der Waals surface area contributed by atoms with E-state index >= 15 is 0 Å². The molecule has 3 atom stereocenters. The lowest BCUT2D eigenvalue weighted by Gasteiger charge is -2.44. The molecule has 0 saturated heterocycles. The van der Waals surface area contributed by atoms with Crippen LogP contribution in [0.15, 0.2) is 0 Å². The van der Waals surface area contributed by atoms with Crippen LogP contribution in [0.1, 0.15) is 52.9 Å². The Morgan fingerprint density at radius 2 is 2.14 bits per heavy atom. The molecule has 1 aliphatic rings. The number of hydrogen-bond donors (Lipinski definition) is 2. The third-order valence-electron chi connectivity index (χ3n) is 3.84. The summed E-state index contributed by atoms with van der Waals surface area (Å²) in [6.07, 6.45) is 5.75. The summed E-state index contributed by atoms with van der Waals surface area (Å²) >= 11 is 0. The minimum Gasteiger partial charge on any atom is -0.388 e. The lowest BCUT2D eigenvalue weighted by Crippen LogP contribution is -2.55. The molecule has 2 nitrogen and oxygen atoms in total. The first-order chi connectivity index (χ1) is 6.65. The van der Waals surface area contributed by atoms with Gasteiger partial charge in [0.15, 0.2) is 0 Å². The summed E-state index contributed by atoms with van der Waals surface area (Å²) in [6, 6.07) is 0.234. The summed E-state index contributed by atoms with van der Waals surface area (Å²) in [5.41, 5.74) is -0.455. The fourth-order valence-electron chi connectivity index (χ4n) is 2.86. The molecule has 0 heterocycles. The van der Waals surface area contributed by atoms with E-state index in [1.54, 1.807) is 0 Å². The van der Waals surface area contributed by atoms with Crippen molar-refractivity contribution in [1.29, 1.82) is 0 Å². The highest BCUT2D eigenvalue weighted by Gasteiger charge is 2.41. The normalized spacial score (nSPS) is 35.6. The van der Waals surface area contributed by atoms with Crippen molar-refractivity contribution in [3.63, 3.8) is 0 Å². The monoisotopic (exact) mass is 199 g/mol. The lowest BCUT2D eigenvalue weighted by molar-refractivity contribution is -0.0738. The highest BCUT2D eigenvalue weighted by molar-refractivity contribution is 4.96. The van der Waals surface area contributed by atoms with Crippen LogP contribution in [-0.4, -0.2) is 23.3 Å². The van der Waals surface area contributed by atoms with Crippen LogP contribution in [0.5, 0.6) is 0 Å². The summed E-state index contributed by atoms with van der Waals surface area (Å²) in [7, 11) is 0. The maximum atomic E-state index is 10.7. The molecule has 1 aliphatic carbocycles. The Kier molecular flexibility index (Phi) is 4.39. The van der Waals surface area contributed by atoms with Gasteiger partial charge >= 0.3 is 0 Å². The summed E-state index contributed by atoms with van der Waals surface area (Å²) < 4.78 is 0. The Morgan fingerprint density at radius 1 is 1.43 bits per heavy atom. The minimum atomic E-state index is -0.455. The van der Waals surface area contributed by atoms with Gasteiger partial charge in [-0.25, -0.2) is 0 Å². The maximum absolute atomic E-state index is 10.7. The van der Waals surface area contributed by atoms with Gasteiger partial charge in [0.1, 0.15) is 0 Å². The fraction of sp³-hybridized carbons (Fsp3) is 1.00. The first-order valence-electron chi connectivity index (χ1n) is 6.10. The SMILES string of the molecule is CCNC(C)C1(O)CCCCC1CC. The molecule has 1 fully saturated rings. The zero-order valence-corrected chi connectivity index (χ0v) is 9.84. The third kappa shape index (κ3) is 2.29. The first kappa shape index (κ1) is 12.0. The molecule has 3 unspecified atom stereocenters. The number of nitrogens with one attached hydrogen (secondary N) is 1. The Labute approximate surface area is 88.1 Å². The second-order valence-corrected chi connectivity index (χ2v) is 4.62. The van der Waals surface area contributed by atoms with Gasteiger partial charge < -0.3 is 10.4 Å². The van der Waals surface area contributed by atoms with Crippen LogP contribution >= 0.6 is 0 Å². The molecule has 84 valence electrons. The fourth-order valence-corrected chi connectivity index (χ4v) is 2.86. The predicted octanol–water partition coefficient (Wildman–Crippen LogP) is 2.32. The summed E-state index contributed by atoms with van der Waals surface area (Å²) in [5, 5.41) is 14.0. The van der Waals surface area contributed by atoms with Gasteiger partial charge in [-0.2, -0.15) is 0 Å². The molecule has 0 bridgehead atoms. The second-order valence-electron chi connectivity index (χ2n) is 4.62. The highest BCUT2D eigenvalue weighted by atomic mass is 16.3. The molecule has 0 aromatic carbocycles. The number of likely N-dealkylation sites (N-methyl/N-ethyl adjacent to an activating group) is 1. The van der Waals surface area contributed by atoms with Gasteiger partial charge in [0.25, 0.3) is 0 Å². The molecule has 0 spiro atoms. The number of rotatable bonds is 4. The van der Waals surface area contributed by atoms with Gasteiger partial charge in [0.05, 0.1) is 5.60 Å². The molecular weight excluding hydrogens is 174 g/mol. The lowest BCUT2D eigenvalue weighted by atomic mass is 9.70. The van der Waals surface area contributed by atoms with E-state index in [-0.39, 0.29) is 6.04 Å². The zero-order valence-electron chi connectivity index (χ0n) is 9.84. The first-order valence-corrected chi connectivity index (χ1v) is 6.10. The van der Waals surface area contributed by atoms with Crippen LogP contribution < -0.4 is 5.32 Å². The molecule has 2 heteroatoms. The molecule has 2 N–H and O–H groups in total. The topological polar surface area (TPSA) is 32.3 Å². The van der Waals surface area contributed by atoms with Gasteiger partial charge in [-0.05, 0) is 32.2 Å².